The lowest BCUT2D eigenvalue weighted by atomic mass is 9.87. The molecule has 2 aromatic carbocycles. The van der Waals surface area contributed by atoms with Gasteiger partial charge in [0.1, 0.15) is 11.5 Å². The first-order chi connectivity index (χ1) is 12.3. The Morgan fingerprint density at radius 1 is 1.12 bits per heavy atom. The minimum atomic E-state index is -0.308. The molecule has 1 atom stereocenters. The van der Waals surface area contributed by atoms with Crippen molar-refractivity contribution < 1.29 is 9.53 Å². The largest absolute Gasteiger partial charge is 0.457 e. The zero-order valence-corrected chi connectivity index (χ0v) is 14.6. The van der Waals surface area contributed by atoms with Crippen LogP contribution in [0.25, 0.3) is 0 Å². The fourth-order valence-corrected chi connectivity index (χ4v) is 4.06. The van der Waals surface area contributed by atoms with Crippen LogP contribution in [0, 0.1) is 0 Å². The number of nitrogens with zero attached hydrogens (tertiary/aromatic N) is 1. The zero-order valence-electron chi connectivity index (χ0n) is 14.6. The van der Waals surface area contributed by atoms with Crippen molar-refractivity contribution in [2.45, 2.75) is 31.7 Å². The Morgan fingerprint density at radius 3 is 2.40 bits per heavy atom. The van der Waals surface area contributed by atoms with Crippen LogP contribution in [0.1, 0.15) is 36.8 Å². The topological polar surface area (TPSA) is 41.6 Å². The molecule has 1 fully saturated rings. The summed E-state index contributed by atoms with van der Waals surface area (Å²) in [5, 5.41) is 3.20. The first-order valence-electron chi connectivity index (χ1n) is 9.15. The number of nitrogens with one attached hydrogen (secondary N) is 1. The standard InChI is InChI=1S/C21H24N2O2/c1-2-23-13-7-8-15(23)14-22-21(24)20-16-9-3-5-11-18(16)25-19-12-6-4-10-17(19)20/h3-6,9-12,15,20H,2,7-8,13-14H2,1H3,(H,22,24)/t15-/m0/s1. The monoisotopic (exact) mass is 336 g/mol. The summed E-state index contributed by atoms with van der Waals surface area (Å²) in [7, 11) is 0. The summed E-state index contributed by atoms with van der Waals surface area (Å²) in [5.74, 6) is 1.30. The predicted molar refractivity (Wildman–Crippen MR) is 98.1 cm³/mol. The van der Waals surface area contributed by atoms with Crippen LogP contribution in [0.4, 0.5) is 0 Å². The molecule has 25 heavy (non-hydrogen) atoms. The van der Waals surface area contributed by atoms with Crippen LogP contribution in [0.2, 0.25) is 0 Å². The lowest BCUT2D eigenvalue weighted by molar-refractivity contribution is -0.122. The van der Waals surface area contributed by atoms with E-state index >= 15 is 0 Å². The Labute approximate surface area is 148 Å². The molecule has 2 aliphatic rings. The number of rotatable bonds is 4. The molecule has 130 valence electrons. The van der Waals surface area contributed by atoms with Gasteiger partial charge in [-0.15, -0.1) is 0 Å². The minimum Gasteiger partial charge on any atom is -0.457 e. The van der Waals surface area contributed by atoms with Crippen LogP contribution in [-0.2, 0) is 4.79 Å². The maximum atomic E-state index is 13.1. The van der Waals surface area contributed by atoms with Gasteiger partial charge in [-0.25, -0.2) is 0 Å². The molecule has 4 heteroatoms. The SMILES string of the molecule is CCN1CCC[C@H]1CNC(=O)C1c2ccccc2Oc2ccccc21. The highest BCUT2D eigenvalue weighted by Crippen LogP contribution is 2.43. The Balaban J connectivity index is 1.58. The number of benzene rings is 2. The lowest BCUT2D eigenvalue weighted by Crippen LogP contribution is -2.42. The van der Waals surface area contributed by atoms with Crippen molar-refractivity contribution in [1.29, 1.82) is 0 Å². The van der Waals surface area contributed by atoms with E-state index in [1.54, 1.807) is 0 Å². The fraction of sp³-hybridized carbons (Fsp3) is 0.381. The number of carbonyl (C=O) groups excluding carboxylic acids is 1. The van der Waals surface area contributed by atoms with Crippen molar-refractivity contribution in [3.8, 4) is 11.5 Å². The van der Waals surface area contributed by atoms with E-state index in [-0.39, 0.29) is 11.8 Å². The summed E-state index contributed by atoms with van der Waals surface area (Å²) in [6.45, 7) is 5.09. The Hall–Kier alpha value is -2.33. The molecule has 2 heterocycles. The minimum absolute atomic E-state index is 0.0613. The average Bonchev–Trinajstić information content (AvgIpc) is 3.11. The van der Waals surface area contributed by atoms with E-state index < -0.39 is 0 Å². The first kappa shape index (κ1) is 16.2. The normalized spacial score (nSPS) is 19.8. The highest BCUT2D eigenvalue weighted by Gasteiger charge is 2.33. The van der Waals surface area contributed by atoms with Gasteiger partial charge in [-0.2, -0.15) is 0 Å². The number of amides is 1. The number of likely N-dealkylation sites (tertiary alicyclic amines) is 1. The number of fused-ring (bicyclic) bond motifs is 2. The second-order valence-corrected chi connectivity index (χ2v) is 6.78. The van der Waals surface area contributed by atoms with E-state index in [1.807, 2.05) is 48.5 Å². The molecule has 0 unspecified atom stereocenters. The van der Waals surface area contributed by atoms with Gasteiger partial charge in [-0.3, -0.25) is 9.69 Å². The smallest absolute Gasteiger partial charge is 0.232 e. The van der Waals surface area contributed by atoms with E-state index in [4.69, 9.17) is 4.74 Å². The summed E-state index contributed by atoms with van der Waals surface area (Å²) in [6, 6.07) is 16.1. The number of hydrogen-bond donors (Lipinski definition) is 1. The summed E-state index contributed by atoms with van der Waals surface area (Å²) in [6.07, 6.45) is 2.38. The third kappa shape index (κ3) is 3.02. The van der Waals surface area contributed by atoms with Crippen LogP contribution in [0.15, 0.2) is 48.5 Å². The maximum absolute atomic E-state index is 13.1. The van der Waals surface area contributed by atoms with E-state index in [2.05, 4.69) is 17.1 Å². The molecular weight excluding hydrogens is 312 g/mol. The van der Waals surface area contributed by atoms with Crippen molar-refractivity contribution in [2.75, 3.05) is 19.6 Å². The molecule has 0 bridgehead atoms. The molecule has 0 spiro atoms. The third-order valence-electron chi connectivity index (χ3n) is 5.36. The van der Waals surface area contributed by atoms with Crippen LogP contribution in [-0.4, -0.2) is 36.5 Å². The van der Waals surface area contributed by atoms with Gasteiger partial charge in [0.15, 0.2) is 0 Å². The predicted octanol–water partition coefficient (Wildman–Crippen LogP) is 3.52. The van der Waals surface area contributed by atoms with Gasteiger partial charge in [0, 0.05) is 23.7 Å². The molecule has 1 saturated heterocycles. The Kier molecular flexibility index (Phi) is 4.45. The molecule has 0 radical (unpaired) electrons. The van der Waals surface area contributed by atoms with Crippen molar-refractivity contribution >= 4 is 5.91 Å². The number of likely N-dealkylation sites (N-methyl/N-ethyl adjacent to an activating group) is 1. The van der Waals surface area contributed by atoms with E-state index in [9.17, 15) is 4.79 Å². The maximum Gasteiger partial charge on any atom is 0.232 e. The van der Waals surface area contributed by atoms with Gasteiger partial charge in [-0.05, 0) is 38.1 Å². The summed E-state index contributed by atoms with van der Waals surface area (Å²) in [4.78, 5) is 15.5. The molecule has 1 N–H and O–H groups in total. The summed E-state index contributed by atoms with van der Waals surface area (Å²) < 4.78 is 5.98. The van der Waals surface area contributed by atoms with E-state index in [0.29, 0.717) is 12.6 Å². The van der Waals surface area contributed by atoms with Gasteiger partial charge < -0.3 is 10.1 Å². The average molecular weight is 336 g/mol. The third-order valence-corrected chi connectivity index (χ3v) is 5.36. The molecule has 0 aromatic heterocycles. The number of carbonyl (C=O) groups is 1. The molecule has 0 saturated carbocycles. The van der Waals surface area contributed by atoms with Crippen LogP contribution in [0.3, 0.4) is 0 Å². The van der Waals surface area contributed by atoms with E-state index in [0.717, 1.165) is 42.1 Å². The van der Waals surface area contributed by atoms with Gasteiger partial charge in [-0.1, -0.05) is 43.3 Å². The molecule has 2 aliphatic heterocycles. The number of para-hydroxylation sites is 2. The van der Waals surface area contributed by atoms with Crippen LogP contribution < -0.4 is 10.1 Å². The second-order valence-electron chi connectivity index (χ2n) is 6.78. The lowest BCUT2D eigenvalue weighted by Gasteiger charge is -2.29. The highest BCUT2D eigenvalue weighted by atomic mass is 16.5. The molecule has 0 aliphatic carbocycles. The molecule has 4 nitrogen and oxygen atoms in total. The summed E-state index contributed by atoms with van der Waals surface area (Å²) in [5.41, 5.74) is 1.88. The fourth-order valence-electron chi connectivity index (χ4n) is 4.06. The van der Waals surface area contributed by atoms with Gasteiger partial charge in [0.25, 0.3) is 0 Å². The van der Waals surface area contributed by atoms with Crippen LogP contribution in [0.5, 0.6) is 11.5 Å². The van der Waals surface area contributed by atoms with E-state index in [1.165, 1.54) is 6.42 Å². The quantitative estimate of drug-likeness (QED) is 0.929. The molecule has 4 rings (SSSR count). The van der Waals surface area contributed by atoms with Gasteiger partial charge in [0.2, 0.25) is 5.91 Å². The van der Waals surface area contributed by atoms with Crippen molar-refractivity contribution in [3.63, 3.8) is 0 Å². The molecular formula is C21H24N2O2. The zero-order chi connectivity index (χ0) is 17.2. The number of hydrogen-bond acceptors (Lipinski definition) is 3. The first-order valence-corrected chi connectivity index (χ1v) is 9.15. The van der Waals surface area contributed by atoms with Crippen LogP contribution >= 0.6 is 0 Å². The number of ether oxygens (including phenoxy) is 1. The van der Waals surface area contributed by atoms with Crippen molar-refractivity contribution in [1.82, 2.24) is 10.2 Å². The summed E-state index contributed by atoms with van der Waals surface area (Å²) >= 11 is 0. The Bertz CT molecular complexity index is 728. The molecule has 2 aromatic rings. The van der Waals surface area contributed by atoms with Gasteiger partial charge >= 0.3 is 0 Å². The highest BCUT2D eigenvalue weighted by molar-refractivity contribution is 5.89. The second kappa shape index (κ2) is 6.89. The Morgan fingerprint density at radius 2 is 1.76 bits per heavy atom. The molecule has 1 amide bonds. The van der Waals surface area contributed by atoms with Crippen molar-refractivity contribution in [3.05, 3.63) is 59.7 Å². The van der Waals surface area contributed by atoms with Gasteiger partial charge in [0.05, 0.1) is 5.92 Å². The van der Waals surface area contributed by atoms with Crippen molar-refractivity contribution in [2.24, 2.45) is 0 Å².